The van der Waals surface area contributed by atoms with Crippen LogP contribution in [-0.4, -0.2) is 16.0 Å². The van der Waals surface area contributed by atoms with E-state index in [9.17, 15) is 15.0 Å². The van der Waals surface area contributed by atoms with Crippen LogP contribution in [0.3, 0.4) is 0 Å². The fourth-order valence-corrected chi connectivity index (χ4v) is 3.32. The summed E-state index contributed by atoms with van der Waals surface area (Å²) in [6.07, 6.45) is 2.90. The lowest BCUT2D eigenvalue weighted by Gasteiger charge is -2.11. The third-order valence-electron chi connectivity index (χ3n) is 5.13. The van der Waals surface area contributed by atoms with E-state index in [0.717, 1.165) is 11.1 Å². The van der Waals surface area contributed by atoms with Gasteiger partial charge in [-0.15, -0.1) is 0 Å². The average Bonchev–Trinajstić information content (AvgIpc) is 2.87. The van der Waals surface area contributed by atoms with E-state index < -0.39 is 0 Å². The molecule has 0 aliphatic heterocycles. The maximum Gasteiger partial charge on any atom is 0.189 e. The molecule has 0 aliphatic carbocycles. The van der Waals surface area contributed by atoms with Crippen LogP contribution in [0.25, 0.3) is 6.08 Å². The lowest BCUT2D eigenvalue weighted by Crippen LogP contribution is -2.02. The van der Waals surface area contributed by atoms with Crippen LogP contribution in [-0.2, 0) is 13.2 Å². The van der Waals surface area contributed by atoms with Crippen molar-refractivity contribution in [3.63, 3.8) is 0 Å². The van der Waals surface area contributed by atoms with E-state index in [1.165, 1.54) is 36.4 Å². The van der Waals surface area contributed by atoms with Gasteiger partial charge in [0.2, 0.25) is 0 Å². The molecule has 2 N–H and O–H groups in total. The second kappa shape index (κ2) is 10.9. The Kier molecular flexibility index (Phi) is 7.25. The zero-order valence-corrected chi connectivity index (χ0v) is 18.4. The number of hydrogen-bond acceptors (Lipinski definition) is 5. The first-order valence-corrected chi connectivity index (χ1v) is 10.8. The van der Waals surface area contributed by atoms with Crippen molar-refractivity contribution in [3.8, 4) is 23.0 Å². The smallest absolute Gasteiger partial charge is 0.189 e. The Balaban J connectivity index is 1.44. The van der Waals surface area contributed by atoms with Gasteiger partial charge in [-0.3, -0.25) is 4.79 Å². The molecular weight excluding hydrogens is 428 g/mol. The topological polar surface area (TPSA) is 76.0 Å². The Morgan fingerprint density at radius 3 is 2.03 bits per heavy atom. The predicted octanol–water partition coefficient (Wildman–Crippen LogP) is 6.15. The normalized spacial score (nSPS) is 10.8. The molecule has 5 heteroatoms. The maximum absolute atomic E-state index is 12.8. The van der Waals surface area contributed by atoms with Crippen LogP contribution < -0.4 is 9.47 Å². The maximum atomic E-state index is 12.8. The molecule has 0 radical (unpaired) electrons. The SMILES string of the molecule is O=C(C=Cc1ccc(OCc2ccccc2)cc1O)c1ccc(O)cc1OCc1ccccc1. The lowest BCUT2D eigenvalue weighted by atomic mass is 10.1. The molecule has 0 saturated carbocycles. The summed E-state index contributed by atoms with van der Waals surface area (Å²) in [6, 6.07) is 28.6. The number of benzene rings is 4. The van der Waals surface area contributed by atoms with E-state index in [2.05, 4.69) is 0 Å². The number of phenols is 2. The first kappa shape index (κ1) is 22.7. The van der Waals surface area contributed by atoms with Gasteiger partial charge in [0.25, 0.3) is 0 Å². The Morgan fingerprint density at radius 1 is 0.735 bits per heavy atom. The molecule has 0 amide bonds. The molecule has 0 heterocycles. The minimum Gasteiger partial charge on any atom is -0.508 e. The molecule has 0 fully saturated rings. The molecule has 0 spiro atoms. The van der Waals surface area contributed by atoms with Crippen molar-refractivity contribution in [3.05, 3.63) is 125 Å². The van der Waals surface area contributed by atoms with Gasteiger partial charge in [0.1, 0.15) is 36.2 Å². The molecule has 170 valence electrons. The van der Waals surface area contributed by atoms with Crippen LogP contribution in [0.5, 0.6) is 23.0 Å². The van der Waals surface area contributed by atoms with Crippen molar-refractivity contribution in [2.24, 2.45) is 0 Å². The third-order valence-corrected chi connectivity index (χ3v) is 5.13. The van der Waals surface area contributed by atoms with Crippen LogP contribution in [0.1, 0.15) is 27.0 Å². The number of carbonyl (C=O) groups excluding carboxylic acids is 1. The number of carbonyl (C=O) groups is 1. The highest BCUT2D eigenvalue weighted by atomic mass is 16.5. The minimum atomic E-state index is -0.313. The molecule has 4 rings (SSSR count). The summed E-state index contributed by atoms with van der Waals surface area (Å²) >= 11 is 0. The molecule has 0 saturated heterocycles. The van der Waals surface area contributed by atoms with Gasteiger partial charge in [0.05, 0.1) is 5.56 Å². The highest BCUT2D eigenvalue weighted by Gasteiger charge is 2.12. The summed E-state index contributed by atoms with van der Waals surface area (Å²) in [4.78, 5) is 12.8. The van der Waals surface area contributed by atoms with Crippen molar-refractivity contribution < 1.29 is 24.5 Å². The molecule has 0 aromatic heterocycles. The average molecular weight is 453 g/mol. The minimum absolute atomic E-state index is 0.000805. The molecule has 0 bridgehead atoms. The van der Waals surface area contributed by atoms with Gasteiger partial charge in [-0.1, -0.05) is 60.7 Å². The van der Waals surface area contributed by atoms with Crippen LogP contribution in [0.2, 0.25) is 0 Å². The second-order valence-electron chi connectivity index (χ2n) is 7.65. The van der Waals surface area contributed by atoms with Crippen LogP contribution in [0, 0.1) is 0 Å². The number of aromatic hydroxyl groups is 2. The molecule has 34 heavy (non-hydrogen) atoms. The molecular formula is C29H24O5. The van der Waals surface area contributed by atoms with E-state index in [1.807, 2.05) is 60.7 Å². The quantitative estimate of drug-likeness (QED) is 0.235. The van der Waals surface area contributed by atoms with Crippen molar-refractivity contribution in [1.82, 2.24) is 0 Å². The van der Waals surface area contributed by atoms with Gasteiger partial charge in [0.15, 0.2) is 5.78 Å². The van der Waals surface area contributed by atoms with Crippen molar-refractivity contribution >= 4 is 11.9 Å². The largest absolute Gasteiger partial charge is 0.508 e. The summed E-state index contributed by atoms with van der Waals surface area (Å²) in [5.74, 6) is 0.507. The van der Waals surface area contributed by atoms with E-state index in [0.29, 0.717) is 23.5 Å². The van der Waals surface area contributed by atoms with E-state index >= 15 is 0 Å². The van der Waals surface area contributed by atoms with Gasteiger partial charge in [-0.25, -0.2) is 0 Å². The highest BCUT2D eigenvalue weighted by Crippen LogP contribution is 2.28. The van der Waals surface area contributed by atoms with Crippen LogP contribution in [0.15, 0.2) is 103 Å². The van der Waals surface area contributed by atoms with Crippen molar-refractivity contribution in [1.29, 1.82) is 0 Å². The standard InChI is InChI=1S/C29H24O5/c30-24-13-15-26(29(17-24)34-20-22-9-5-2-6-10-22)27(31)16-12-23-11-14-25(18-28(23)32)33-19-21-7-3-1-4-8-21/h1-18,30,32H,19-20H2. The lowest BCUT2D eigenvalue weighted by molar-refractivity contribution is 0.104. The molecule has 0 unspecified atom stereocenters. The van der Waals surface area contributed by atoms with Crippen LogP contribution >= 0.6 is 0 Å². The third kappa shape index (κ3) is 6.04. The van der Waals surface area contributed by atoms with Crippen molar-refractivity contribution in [2.75, 3.05) is 0 Å². The Bertz CT molecular complexity index is 1280. The van der Waals surface area contributed by atoms with Gasteiger partial charge in [-0.2, -0.15) is 0 Å². The first-order valence-electron chi connectivity index (χ1n) is 10.8. The van der Waals surface area contributed by atoms with Crippen LogP contribution in [0.4, 0.5) is 0 Å². The summed E-state index contributed by atoms with van der Waals surface area (Å²) in [5, 5.41) is 20.2. The number of phenolic OH excluding ortho intramolecular Hbond substituents is 2. The predicted molar refractivity (Wildman–Crippen MR) is 131 cm³/mol. The fourth-order valence-electron chi connectivity index (χ4n) is 3.32. The monoisotopic (exact) mass is 452 g/mol. The van der Waals surface area contributed by atoms with E-state index in [4.69, 9.17) is 9.47 Å². The summed E-state index contributed by atoms with van der Waals surface area (Å²) in [5.41, 5.74) is 2.76. The van der Waals surface area contributed by atoms with Gasteiger partial charge < -0.3 is 19.7 Å². The highest BCUT2D eigenvalue weighted by molar-refractivity contribution is 6.08. The zero-order valence-electron chi connectivity index (χ0n) is 18.4. The number of rotatable bonds is 9. The number of ether oxygens (including phenoxy) is 2. The molecule has 4 aromatic carbocycles. The fraction of sp³-hybridized carbons (Fsp3) is 0.0690. The Hall–Kier alpha value is -4.51. The van der Waals surface area contributed by atoms with Gasteiger partial charge >= 0.3 is 0 Å². The van der Waals surface area contributed by atoms with Crippen molar-refractivity contribution in [2.45, 2.75) is 13.2 Å². The molecule has 4 aromatic rings. The molecule has 0 atom stereocenters. The Labute approximate surface area is 198 Å². The number of allylic oxidation sites excluding steroid dienone is 1. The summed E-state index contributed by atoms with van der Waals surface area (Å²) in [6.45, 7) is 0.653. The van der Waals surface area contributed by atoms with E-state index in [1.54, 1.807) is 12.1 Å². The van der Waals surface area contributed by atoms with Gasteiger partial charge in [0, 0.05) is 17.7 Å². The number of hydrogen-bond donors (Lipinski definition) is 2. The summed E-state index contributed by atoms with van der Waals surface area (Å²) in [7, 11) is 0. The van der Waals surface area contributed by atoms with E-state index in [-0.39, 0.29) is 29.6 Å². The van der Waals surface area contributed by atoms with Gasteiger partial charge in [-0.05, 0) is 47.5 Å². The first-order chi connectivity index (χ1) is 16.6. The number of ketones is 1. The zero-order chi connectivity index (χ0) is 23.8. The molecule has 5 nitrogen and oxygen atoms in total. The second-order valence-corrected chi connectivity index (χ2v) is 7.65. The summed E-state index contributed by atoms with van der Waals surface area (Å²) < 4.78 is 11.5. The molecule has 0 aliphatic rings. The Morgan fingerprint density at radius 2 is 1.38 bits per heavy atom.